The van der Waals surface area contributed by atoms with Crippen molar-refractivity contribution >= 4 is 9.84 Å². The molecule has 26 heavy (non-hydrogen) atoms. The van der Waals surface area contributed by atoms with Crippen LogP contribution in [0.2, 0.25) is 0 Å². The molecule has 0 radical (unpaired) electrons. The molecule has 140 valence electrons. The summed E-state index contributed by atoms with van der Waals surface area (Å²) in [4.78, 5) is 2.50. The number of aliphatic hydroxyl groups excluding tert-OH is 2. The minimum atomic E-state index is -3.40. The van der Waals surface area contributed by atoms with Gasteiger partial charge in [-0.25, -0.2) is 8.42 Å². The van der Waals surface area contributed by atoms with E-state index in [2.05, 4.69) is 4.90 Å². The second-order valence-corrected chi connectivity index (χ2v) is 8.86. The molecule has 0 aliphatic carbocycles. The summed E-state index contributed by atoms with van der Waals surface area (Å²) in [7, 11) is -3.40. The molecular formula is C20H25NO4S. The molecule has 2 aromatic rings. The number of sulfone groups is 1. The summed E-state index contributed by atoms with van der Waals surface area (Å²) in [5.41, 5.74) is 1.77. The largest absolute Gasteiger partial charge is 0.396 e. The Hall–Kier alpha value is -1.73. The van der Waals surface area contributed by atoms with Gasteiger partial charge in [0.25, 0.3) is 0 Å². The van der Waals surface area contributed by atoms with E-state index in [1.807, 2.05) is 24.3 Å². The highest BCUT2D eigenvalue weighted by molar-refractivity contribution is 7.90. The fourth-order valence-corrected chi connectivity index (χ4v) is 4.86. The Balaban J connectivity index is 1.77. The normalized spacial score (nSPS) is 21.6. The van der Waals surface area contributed by atoms with E-state index in [-0.39, 0.29) is 18.3 Å². The fraction of sp³-hybridized carbons (Fsp3) is 0.400. The highest BCUT2D eigenvalue weighted by Gasteiger charge is 2.27. The van der Waals surface area contributed by atoms with E-state index >= 15 is 0 Å². The van der Waals surface area contributed by atoms with Crippen LogP contribution in [0.3, 0.4) is 0 Å². The molecule has 6 heteroatoms. The predicted octanol–water partition coefficient (Wildman–Crippen LogP) is 1.84. The lowest BCUT2D eigenvalue weighted by Crippen LogP contribution is -2.44. The minimum Gasteiger partial charge on any atom is -0.396 e. The number of hydrogen-bond donors (Lipinski definition) is 2. The van der Waals surface area contributed by atoms with Gasteiger partial charge in [0, 0.05) is 32.2 Å². The molecular weight excluding hydrogens is 350 g/mol. The number of rotatable bonds is 6. The summed E-state index contributed by atoms with van der Waals surface area (Å²) in [6.45, 7) is 1.92. The molecule has 3 rings (SSSR count). The van der Waals surface area contributed by atoms with E-state index in [0.717, 1.165) is 17.7 Å². The number of benzene rings is 2. The van der Waals surface area contributed by atoms with Gasteiger partial charge in [0.1, 0.15) is 0 Å². The molecule has 1 aliphatic rings. The molecule has 1 heterocycles. The van der Waals surface area contributed by atoms with E-state index in [0.29, 0.717) is 24.4 Å². The first kappa shape index (κ1) is 19.0. The minimum absolute atomic E-state index is 0.0346. The summed E-state index contributed by atoms with van der Waals surface area (Å²) < 4.78 is 25.4. The molecule has 1 aliphatic heterocycles. The summed E-state index contributed by atoms with van der Waals surface area (Å²) in [6.07, 6.45) is 0.153. The van der Waals surface area contributed by atoms with Crippen molar-refractivity contribution < 1.29 is 18.6 Å². The van der Waals surface area contributed by atoms with Crippen LogP contribution in [-0.2, 0) is 22.1 Å². The van der Waals surface area contributed by atoms with E-state index in [1.54, 1.807) is 30.3 Å². The average Bonchev–Trinajstić information content (AvgIpc) is 2.65. The topological polar surface area (TPSA) is 77.8 Å². The van der Waals surface area contributed by atoms with Crippen molar-refractivity contribution in [3.8, 4) is 0 Å². The molecule has 0 spiro atoms. The predicted molar refractivity (Wildman–Crippen MR) is 100 cm³/mol. The van der Waals surface area contributed by atoms with Crippen molar-refractivity contribution in [2.24, 2.45) is 5.92 Å². The molecule has 1 saturated heterocycles. The van der Waals surface area contributed by atoms with Gasteiger partial charge in [0.05, 0.1) is 16.8 Å². The van der Waals surface area contributed by atoms with Crippen molar-refractivity contribution in [2.45, 2.75) is 29.7 Å². The van der Waals surface area contributed by atoms with Crippen LogP contribution in [0.1, 0.15) is 17.5 Å². The lowest BCUT2D eigenvalue weighted by Gasteiger charge is -2.35. The third-order valence-electron chi connectivity index (χ3n) is 4.97. The lowest BCUT2D eigenvalue weighted by molar-refractivity contribution is -0.00205. The van der Waals surface area contributed by atoms with E-state index in [4.69, 9.17) is 0 Å². The van der Waals surface area contributed by atoms with Crippen LogP contribution in [0.4, 0.5) is 0 Å². The third kappa shape index (κ3) is 4.51. The van der Waals surface area contributed by atoms with Gasteiger partial charge in [-0.05, 0) is 29.7 Å². The first-order chi connectivity index (χ1) is 12.5. The van der Waals surface area contributed by atoms with Crippen molar-refractivity contribution in [2.75, 3.05) is 19.7 Å². The molecule has 0 bridgehead atoms. The van der Waals surface area contributed by atoms with Crippen molar-refractivity contribution in [3.05, 3.63) is 65.7 Å². The van der Waals surface area contributed by atoms with Gasteiger partial charge in [-0.2, -0.15) is 0 Å². The van der Waals surface area contributed by atoms with Crippen LogP contribution in [0.5, 0.6) is 0 Å². The first-order valence-electron chi connectivity index (χ1n) is 8.85. The Morgan fingerprint density at radius 1 is 1.00 bits per heavy atom. The van der Waals surface area contributed by atoms with Crippen LogP contribution in [0.15, 0.2) is 59.5 Å². The molecule has 0 amide bonds. The quantitative estimate of drug-likeness (QED) is 0.806. The smallest absolute Gasteiger partial charge is 0.182 e. The highest BCUT2D eigenvalue weighted by Crippen LogP contribution is 2.23. The van der Waals surface area contributed by atoms with Gasteiger partial charge < -0.3 is 10.2 Å². The van der Waals surface area contributed by atoms with Gasteiger partial charge in [0.2, 0.25) is 0 Å². The van der Waals surface area contributed by atoms with Crippen LogP contribution in [0, 0.1) is 5.92 Å². The Kier molecular flexibility index (Phi) is 6.09. The zero-order valence-electron chi connectivity index (χ0n) is 14.7. The van der Waals surface area contributed by atoms with E-state index < -0.39 is 15.9 Å². The van der Waals surface area contributed by atoms with Crippen LogP contribution in [-0.4, -0.2) is 49.3 Å². The summed E-state index contributed by atoms with van der Waals surface area (Å²) in [6, 6.07) is 16.1. The van der Waals surface area contributed by atoms with E-state index in [1.165, 1.54) is 0 Å². The van der Waals surface area contributed by atoms with Gasteiger partial charge in [-0.3, -0.25) is 4.90 Å². The van der Waals surface area contributed by atoms with Gasteiger partial charge >= 0.3 is 0 Å². The number of nitrogens with zero attached hydrogens (tertiary/aromatic N) is 1. The third-order valence-corrected chi connectivity index (χ3v) is 6.65. The Bertz CT molecular complexity index is 823. The molecule has 2 aromatic carbocycles. The molecule has 1 fully saturated rings. The average molecular weight is 375 g/mol. The van der Waals surface area contributed by atoms with Crippen molar-refractivity contribution in [1.82, 2.24) is 4.90 Å². The fourth-order valence-electron chi connectivity index (χ4n) is 3.43. The maximum absolute atomic E-state index is 12.7. The molecule has 2 atom stereocenters. The maximum Gasteiger partial charge on any atom is 0.182 e. The standard InChI is InChI=1S/C20H25NO4S/c22-14-18-13-21(11-10-20(18)23)12-16-6-4-5-7-17(16)15-26(24,25)19-8-2-1-3-9-19/h1-9,18,20,22-23H,10-15H2/t18-,20-/m0/s1. The maximum atomic E-state index is 12.7. The Labute approximate surface area is 154 Å². The van der Waals surface area contributed by atoms with Crippen molar-refractivity contribution in [1.29, 1.82) is 0 Å². The summed E-state index contributed by atoms with van der Waals surface area (Å²) >= 11 is 0. The van der Waals surface area contributed by atoms with Crippen LogP contribution >= 0.6 is 0 Å². The number of likely N-dealkylation sites (tertiary alicyclic amines) is 1. The number of hydrogen-bond acceptors (Lipinski definition) is 5. The monoisotopic (exact) mass is 375 g/mol. The second-order valence-electron chi connectivity index (χ2n) is 6.87. The molecule has 0 unspecified atom stereocenters. The summed E-state index contributed by atoms with van der Waals surface area (Å²) in [5.74, 6) is -0.184. The van der Waals surface area contributed by atoms with Gasteiger partial charge in [-0.1, -0.05) is 42.5 Å². The number of piperidine rings is 1. The van der Waals surface area contributed by atoms with E-state index in [9.17, 15) is 18.6 Å². The molecule has 0 saturated carbocycles. The highest BCUT2D eigenvalue weighted by atomic mass is 32.2. The van der Waals surface area contributed by atoms with Gasteiger partial charge in [0.15, 0.2) is 9.84 Å². The van der Waals surface area contributed by atoms with Crippen molar-refractivity contribution in [3.63, 3.8) is 0 Å². The van der Waals surface area contributed by atoms with Crippen LogP contribution in [0.25, 0.3) is 0 Å². The first-order valence-corrected chi connectivity index (χ1v) is 10.5. The summed E-state index contributed by atoms with van der Waals surface area (Å²) in [5, 5.41) is 19.3. The molecule has 0 aromatic heterocycles. The zero-order valence-corrected chi connectivity index (χ0v) is 15.5. The van der Waals surface area contributed by atoms with Crippen LogP contribution < -0.4 is 0 Å². The Morgan fingerprint density at radius 2 is 1.65 bits per heavy atom. The lowest BCUT2D eigenvalue weighted by atomic mass is 9.95. The zero-order chi connectivity index (χ0) is 18.6. The molecule has 5 nitrogen and oxygen atoms in total. The Morgan fingerprint density at radius 3 is 2.35 bits per heavy atom. The SMILES string of the molecule is O=S(=O)(Cc1ccccc1CN1CC[C@H](O)[C@H](CO)C1)c1ccccc1. The van der Waals surface area contributed by atoms with Gasteiger partial charge in [-0.15, -0.1) is 0 Å². The number of aliphatic hydroxyl groups is 2. The second kappa shape index (κ2) is 8.31. The molecule has 2 N–H and O–H groups in total.